The average molecular weight is 267 g/mol. The molecule has 0 bridgehead atoms. The van der Waals surface area contributed by atoms with Crippen LogP contribution in [0.5, 0.6) is 0 Å². The zero-order valence-corrected chi connectivity index (χ0v) is 11.9. The number of rotatable bonds is 4. The first-order chi connectivity index (χ1) is 9.09. The van der Waals surface area contributed by atoms with Gasteiger partial charge in [0.05, 0.1) is 6.42 Å². The lowest BCUT2D eigenvalue weighted by molar-refractivity contribution is -0.148. The van der Waals surface area contributed by atoms with Gasteiger partial charge in [-0.1, -0.05) is 19.8 Å². The Morgan fingerprint density at radius 3 is 2.47 bits per heavy atom. The Labute approximate surface area is 115 Å². The van der Waals surface area contributed by atoms with Crippen molar-refractivity contribution in [3.05, 3.63) is 0 Å². The van der Waals surface area contributed by atoms with Gasteiger partial charge in [-0.15, -0.1) is 0 Å². The van der Waals surface area contributed by atoms with Crippen LogP contribution in [-0.2, 0) is 9.59 Å². The molecule has 0 aromatic heterocycles. The molecule has 4 heteroatoms. The molecule has 1 amide bonds. The van der Waals surface area contributed by atoms with E-state index < -0.39 is 5.97 Å². The Morgan fingerprint density at radius 1 is 1.21 bits per heavy atom. The van der Waals surface area contributed by atoms with Crippen molar-refractivity contribution >= 4 is 11.9 Å². The van der Waals surface area contributed by atoms with Gasteiger partial charge < -0.3 is 10.0 Å². The normalized spacial score (nSPS) is 26.4. The van der Waals surface area contributed by atoms with E-state index in [4.69, 9.17) is 5.11 Å². The van der Waals surface area contributed by atoms with Crippen LogP contribution in [0, 0.1) is 5.41 Å². The number of carbonyl (C=O) groups is 2. The summed E-state index contributed by atoms with van der Waals surface area (Å²) in [6.45, 7) is 2.85. The number of aliphatic carboxylic acids is 1. The van der Waals surface area contributed by atoms with Crippen molar-refractivity contribution in [1.29, 1.82) is 0 Å². The molecular weight excluding hydrogens is 242 g/mol. The third-order valence-corrected chi connectivity index (χ3v) is 4.99. The summed E-state index contributed by atoms with van der Waals surface area (Å²) in [5.74, 6) is -0.555. The molecule has 1 N–H and O–H groups in total. The number of hydrogen-bond acceptors (Lipinski definition) is 2. The van der Waals surface area contributed by atoms with E-state index in [0.717, 1.165) is 57.9 Å². The molecule has 0 aromatic rings. The first-order valence-electron chi connectivity index (χ1n) is 7.62. The Kier molecular flexibility index (Phi) is 4.48. The van der Waals surface area contributed by atoms with Crippen LogP contribution >= 0.6 is 0 Å². The highest BCUT2D eigenvalue weighted by molar-refractivity contribution is 5.84. The number of carboxylic acids is 1. The van der Waals surface area contributed by atoms with Crippen molar-refractivity contribution in [2.45, 2.75) is 70.8 Å². The molecule has 2 rings (SSSR count). The number of hydrogen-bond donors (Lipinski definition) is 1. The van der Waals surface area contributed by atoms with Crippen LogP contribution in [0.4, 0.5) is 0 Å². The summed E-state index contributed by atoms with van der Waals surface area (Å²) in [6, 6.07) is -0.0808. The second kappa shape index (κ2) is 5.93. The molecule has 0 aromatic carbocycles. The summed E-state index contributed by atoms with van der Waals surface area (Å²) in [6.07, 6.45) is 8.14. The largest absolute Gasteiger partial charge is 0.481 e. The van der Waals surface area contributed by atoms with Crippen molar-refractivity contribution in [3.63, 3.8) is 0 Å². The maximum absolute atomic E-state index is 12.9. The Balaban J connectivity index is 2.12. The van der Waals surface area contributed by atoms with E-state index in [1.807, 2.05) is 4.90 Å². The van der Waals surface area contributed by atoms with Gasteiger partial charge in [-0.2, -0.15) is 0 Å². The minimum absolute atomic E-state index is 0.0808. The van der Waals surface area contributed by atoms with Crippen molar-refractivity contribution < 1.29 is 14.7 Å². The van der Waals surface area contributed by atoms with Gasteiger partial charge in [0.25, 0.3) is 0 Å². The maximum Gasteiger partial charge on any atom is 0.305 e. The molecule has 1 heterocycles. The molecule has 1 saturated heterocycles. The third-order valence-electron chi connectivity index (χ3n) is 4.99. The molecule has 19 heavy (non-hydrogen) atoms. The van der Waals surface area contributed by atoms with Crippen molar-refractivity contribution in [2.75, 3.05) is 6.54 Å². The monoisotopic (exact) mass is 267 g/mol. The molecule has 1 atom stereocenters. The van der Waals surface area contributed by atoms with Gasteiger partial charge in [0.2, 0.25) is 5.91 Å². The van der Waals surface area contributed by atoms with E-state index in [1.54, 1.807) is 0 Å². The van der Waals surface area contributed by atoms with E-state index >= 15 is 0 Å². The minimum Gasteiger partial charge on any atom is -0.481 e. The lowest BCUT2D eigenvalue weighted by Crippen LogP contribution is -2.50. The van der Waals surface area contributed by atoms with Crippen LogP contribution in [-0.4, -0.2) is 34.5 Å². The van der Waals surface area contributed by atoms with Crippen LogP contribution in [0.1, 0.15) is 64.7 Å². The molecule has 1 saturated carbocycles. The van der Waals surface area contributed by atoms with Gasteiger partial charge in [0, 0.05) is 18.0 Å². The Hall–Kier alpha value is -1.06. The van der Waals surface area contributed by atoms with E-state index in [9.17, 15) is 9.59 Å². The van der Waals surface area contributed by atoms with Gasteiger partial charge in [-0.3, -0.25) is 9.59 Å². The predicted molar refractivity (Wildman–Crippen MR) is 72.8 cm³/mol. The van der Waals surface area contributed by atoms with Crippen molar-refractivity contribution in [3.8, 4) is 0 Å². The van der Waals surface area contributed by atoms with Gasteiger partial charge in [-0.25, -0.2) is 0 Å². The van der Waals surface area contributed by atoms with Crippen LogP contribution < -0.4 is 0 Å². The summed E-state index contributed by atoms with van der Waals surface area (Å²) in [7, 11) is 0. The molecule has 108 valence electrons. The molecule has 4 nitrogen and oxygen atoms in total. The lowest BCUT2D eigenvalue weighted by Gasteiger charge is -2.41. The highest BCUT2D eigenvalue weighted by atomic mass is 16.4. The van der Waals surface area contributed by atoms with Gasteiger partial charge >= 0.3 is 5.97 Å². The van der Waals surface area contributed by atoms with Crippen LogP contribution in [0.2, 0.25) is 0 Å². The van der Waals surface area contributed by atoms with Crippen molar-refractivity contribution in [2.24, 2.45) is 5.41 Å². The van der Waals surface area contributed by atoms with E-state index in [0.29, 0.717) is 0 Å². The number of nitrogens with zero attached hydrogens (tertiary/aromatic N) is 1. The highest BCUT2D eigenvalue weighted by Gasteiger charge is 2.44. The molecular formula is C15H25NO3. The number of likely N-dealkylation sites (tertiary alicyclic amines) is 1. The third kappa shape index (κ3) is 2.93. The van der Waals surface area contributed by atoms with Gasteiger partial charge in [0.15, 0.2) is 0 Å². The average Bonchev–Trinajstić information content (AvgIpc) is 2.88. The smallest absolute Gasteiger partial charge is 0.305 e. The summed E-state index contributed by atoms with van der Waals surface area (Å²) >= 11 is 0. The summed E-state index contributed by atoms with van der Waals surface area (Å²) in [5.41, 5.74) is -0.186. The first-order valence-corrected chi connectivity index (χ1v) is 7.62. The summed E-state index contributed by atoms with van der Waals surface area (Å²) in [4.78, 5) is 25.7. The zero-order chi connectivity index (χ0) is 13.9. The molecule has 1 aliphatic heterocycles. The van der Waals surface area contributed by atoms with Crippen molar-refractivity contribution in [1.82, 2.24) is 4.90 Å². The minimum atomic E-state index is -0.790. The second-order valence-corrected chi connectivity index (χ2v) is 6.09. The van der Waals surface area contributed by atoms with Crippen LogP contribution in [0.25, 0.3) is 0 Å². The van der Waals surface area contributed by atoms with Gasteiger partial charge in [-0.05, 0) is 38.5 Å². The topological polar surface area (TPSA) is 57.6 Å². The Morgan fingerprint density at radius 2 is 1.89 bits per heavy atom. The number of carboxylic acid groups (broad SMARTS) is 1. The van der Waals surface area contributed by atoms with Crippen LogP contribution in [0.15, 0.2) is 0 Å². The zero-order valence-electron chi connectivity index (χ0n) is 11.9. The molecule has 0 radical (unpaired) electrons. The fourth-order valence-corrected chi connectivity index (χ4v) is 3.76. The standard InChI is InChI=1S/C15H25NO3/c1-2-15(8-4-5-9-15)14(19)16-10-6-3-7-12(16)11-13(17)18/h12H,2-11H2,1H3,(H,17,18). The number of piperidine rings is 1. The van der Waals surface area contributed by atoms with Gasteiger partial charge in [0.1, 0.15) is 0 Å². The van der Waals surface area contributed by atoms with E-state index in [-0.39, 0.29) is 23.8 Å². The fourth-order valence-electron chi connectivity index (χ4n) is 3.76. The quantitative estimate of drug-likeness (QED) is 0.852. The number of amides is 1. The molecule has 2 fully saturated rings. The maximum atomic E-state index is 12.9. The van der Waals surface area contributed by atoms with Crippen LogP contribution in [0.3, 0.4) is 0 Å². The predicted octanol–water partition coefficient (Wildman–Crippen LogP) is 2.81. The molecule has 2 aliphatic rings. The first kappa shape index (κ1) is 14.4. The fraction of sp³-hybridized carbons (Fsp3) is 0.867. The molecule has 1 aliphatic carbocycles. The van der Waals surface area contributed by atoms with E-state index in [1.165, 1.54) is 0 Å². The summed E-state index contributed by atoms with van der Waals surface area (Å²) < 4.78 is 0. The highest BCUT2D eigenvalue weighted by Crippen LogP contribution is 2.43. The van der Waals surface area contributed by atoms with E-state index in [2.05, 4.69) is 6.92 Å². The lowest BCUT2D eigenvalue weighted by atomic mass is 9.80. The number of carbonyl (C=O) groups excluding carboxylic acids is 1. The Bertz CT molecular complexity index is 347. The molecule has 0 spiro atoms. The SMILES string of the molecule is CCC1(C(=O)N2CCCCC2CC(=O)O)CCCC1. The second-order valence-electron chi connectivity index (χ2n) is 6.09. The summed E-state index contributed by atoms with van der Waals surface area (Å²) in [5, 5.41) is 9.01. The molecule has 1 unspecified atom stereocenters.